The molecule has 10 heteroatoms. The number of sulfonamides is 1. The van der Waals surface area contributed by atoms with Crippen molar-refractivity contribution >= 4 is 60.6 Å². The maximum atomic E-state index is 13.0. The first-order valence-corrected chi connectivity index (χ1v) is 14.2. The quantitative estimate of drug-likeness (QED) is 0.539. The summed E-state index contributed by atoms with van der Waals surface area (Å²) in [5, 5.41) is 1.75. The number of aryl methyl sites for hydroxylation is 1. The van der Waals surface area contributed by atoms with Crippen LogP contribution in [0.1, 0.15) is 12.8 Å². The standard InChI is InChI=1S/C20H23N3O3S4/c1-27-13-11-23-16-7-2-3-8-17(16)29-20(23)21-19(24)15-6-4-10-22(14-15)30(25,26)18-9-5-12-28-18/h2-3,5,7-9,12,15H,4,6,10-11,13-14H2,1H3. The SMILES string of the molecule is CSCCn1c(=NC(=O)C2CCCN(S(=O)(=O)c3cccs3)C2)sc2ccccc21. The van der Waals surface area contributed by atoms with Crippen LogP contribution in [0, 0.1) is 5.92 Å². The van der Waals surface area contributed by atoms with E-state index in [2.05, 4.69) is 15.8 Å². The van der Waals surface area contributed by atoms with Crippen molar-refractivity contribution in [3.8, 4) is 0 Å². The van der Waals surface area contributed by atoms with Gasteiger partial charge in [-0.1, -0.05) is 29.5 Å². The average molecular weight is 482 g/mol. The van der Waals surface area contributed by atoms with Gasteiger partial charge in [0.25, 0.3) is 15.9 Å². The Labute approximate surface area is 188 Å². The Morgan fingerprint density at radius 2 is 2.10 bits per heavy atom. The van der Waals surface area contributed by atoms with Gasteiger partial charge in [0.2, 0.25) is 0 Å². The van der Waals surface area contributed by atoms with E-state index in [1.54, 1.807) is 29.3 Å². The van der Waals surface area contributed by atoms with Gasteiger partial charge in [-0.15, -0.1) is 11.3 Å². The van der Waals surface area contributed by atoms with Gasteiger partial charge >= 0.3 is 0 Å². The number of amides is 1. The number of carbonyl (C=O) groups excluding carboxylic acids is 1. The Kier molecular flexibility index (Phi) is 6.78. The fourth-order valence-electron chi connectivity index (χ4n) is 3.59. The fourth-order valence-corrected chi connectivity index (χ4v) is 7.69. The molecule has 1 aromatic carbocycles. The van der Waals surface area contributed by atoms with Gasteiger partial charge in [0.15, 0.2) is 4.80 Å². The summed E-state index contributed by atoms with van der Waals surface area (Å²) in [5.41, 5.74) is 1.08. The van der Waals surface area contributed by atoms with Gasteiger partial charge in [0.1, 0.15) is 4.21 Å². The summed E-state index contributed by atoms with van der Waals surface area (Å²) in [7, 11) is -3.55. The predicted molar refractivity (Wildman–Crippen MR) is 125 cm³/mol. The number of fused-ring (bicyclic) bond motifs is 1. The highest BCUT2D eigenvalue weighted by atomic mass is 32.2. The fraction of sp³-hybridized carbons (Fsp3) is 0.400. The number of thioether (sulfide) groups is 1. The van der Waals surface area contributed by atoms with Gasteiger partial charge in [-0.2, -0.15) is 21.1 Å². The summed E-state index contributed by atoms with van der Waals surface area (Å²) in [6.07, 6.45) is 3.38. The largest absolute Gasteiger partial charge is 0.316 e. The number of rotatable bonds is 6. The van der Waals surface area contributed by atoms with E-state index in [4.69, 9.17) is 0 Å². The van der Waals surface area contributed by atoms with E-state index >= 15 is 0 Å². The molecule has 0 saturated carbocycles. The summed E-state index contributed by atoms with van der Waals surface area (Å²) in [4.78, 5) is 18.2. The molecule has 1 unspecified atom stereocenters. The summed E-state index contributed by atoms with van der Waals surface area (Å²) in [5.74, 6) is 0.288. The molecule has 1 aliphatic heterocycles. The monoisotopic (exact) mass is 481 g/mol. The third-order valence-corrected chi connectivity index (χ3v) is 10.0. The highest BCUT2D eigenvalue weighted by molar-refractivity contribution is 7.98. The molecule has 160 valence electrons. The zero-order valence-corrected chi connectivity index (χ0v) is 19.8. The second-order valence-electron chi connectivity index (χ2n) is 7.08. The Morgan fingerprint density at radius 3 is 2.87 bits per heavy atom. The molecule has 0 bridgehead atoms. The number of benzene rings is 1. The lowest BCUT2D eigenvalue weighted by atomic mass is 9.99. The minimum absolute atomic E-state index is 0.193. The van der Waals surface area contributed by atoms with Crippen LogP contribution < -0.4 is 4.80 Å². The Hall–Kier alpha value is -1.46. The molecule has 30 heavy (non-hydrogen) atoms. The van der Waals surface area contributed by atoms with Crippen molar-refractivity contribution in [2.75, 3.05) is 25.1 Å². The van der Waals surface area contributed by atoms with E-state index in [1.165, 1.54) is 27.0 Å². The maximum Gasteiger partial charge on any atom is 0.252 e. The first-order chi connectivity index (χ1) is 14.5. The molecule has 0 spiro atoms. The second-order valence-corrected chi connectivity index (χ2v) is 12.2. The van der Waals surface area contributed by atoms with E-state index in [9.17, 15) is 13.2 Å². The van der Waals surface area contributed by atoms with Crippen LogP contribution in [0.4, 0.5) is 0 Å². The number of hydrogen-bond donors (Lipinski definition) is 0. The molecule has 0 aliphatic carbocycles. The molecule has 0 N–H and O–H groups in total. The lowest BCUT2D eigenvalue weighted by molar-refractivity contribution is -0.122. The van der Waals surface area contributed by atoms with Crippen molar-refractivity contribution in [1.82, 2.24) is 8.87 Å². The summed E-state index contributed by atoms with van der Waals surface area (Å²) in [6, 6.07) is 11.4. The molecule has 6 nitrogen and oxygen atoms in total. The Morgan fingerprint density at radius 1 is 1.27 bits per heavy atom. The van der Waals surface area contributed by atoms with Crippen LogP contribution in [0.3, 0.4) is 0 Å². The minimum atomic E-state index is -3.55. The van der Waals surface area contributed by atoms with E-state index in [-0.39, 0.29) is 12.5 Å². The molecule has 4 rings (SSSR count). The van der Waals surface area contributed by atoms with Gasteiger partial charge in [-0.25, -0.2) is 8.42 Å². The van der Waals surface area contributed by atoms with Crippen molar-refractivity contribution < 1.29 is 13.2 Å². The van der Waals surface area contributed by atoms with Crippen LogP contribution in [-0.4, -0.2) is 48.3 Å². The summed E-state index contributed by atoms with van der Waals surface area (Å²) >= 11 is 4.46. The number of thiophene rings is 1. The van der Waals surface area contributed by atoms with Gasteiger partial charge in [0, 0.05) is 25.4 Å². The lowest BCUT2D eigenvalue weighted by Crippen LogP contribution is -2.42. The maximum absolute atomic E-state index is 13.0. The number of hydrogen-bond acceptors (Lipinski definition) is 6. The zero-order valence-electron chi connectivity index (χ0n) is 16.6. The highest BCUT2D eigenvalue weighted by Gasteiger charge is 2.33. The number of para-hydroxylation sites is 1. The molecule has 1 fully saturated rings. The van der Waals surface area contributed by atoms with Crippen LogP contribution in [0.15, 0.2) is 51.0 Å². The molecule has 1 saturated heterocycles. The third-order valence-electron chi connectivity index (χ3n) is 5.14. The van der Waals surface area contributed by atoms with Crippen molar-refractivity contribution in [3.63, 3.8) is 0 Å². The average Bonchev–Trinajstić information content (AvgIpc) is 3.41. The van der Waals surface area contributed by atoms with E-state index < -0.39 is 15.9 Å². The van der Waals surface area contributed by atoms with Crippen molar-refractivity contribution in [1.29, 1.82) is 0 Å². The number of piperidine rings is 1. The van der Waals surface area contributed by atoms with Crippen LogP contribution >= 0.6 is 34.4 Å². The predicted octanol–water partition coefficient (Wildman–Crippen LogP) is 3.66. The van der Waals surface area contributed by atoms with Crippen LogP contribution in [0.5, 0.6) is 0 Å². The molecule has 1 atom stereocenters. The van der Waals surface area contributed by atoms with E-state index in [0.29, 0.717) is 28.4 Å². The molecule has 2 aromatic heterocycles. The van der Waals surface area contributed by atoms with Gasteiger partial charge in [-0.3, -0.25) is 4.79 Å². The van der Waals surface area contributed by atoms with Crippen LogP contribution in [0.25, 0.3) is 10.2 Å². The Bertz CT molecular complexity index is 1200. The number of carbonyl (C=O) groups is 1. The van der Waals surface area contributed by atoms with Gasteiger partial charge in [-0.05, 0) is 42.7 Å². The number of aromatic nitrogens is 1. The summed E-state index contributed by atoms with van der Waals surface area (Å²) in [6.45, 7) is 1.42. The molecule has 0 radical (unpaired) electrons. The van der Waals surface area contributed by atoms with Crippen LogP contribution in [-0.2, 0) is 21.4 Å². The topological polar surface area (TPSA) is 71.7 Å². The Balaban J connectivity index is 1.61. The smallest absolute Gasteiger partial charge is 0.252 e. The first kappa shape index (κ1) is 21.8. The normalized spacial score (nSPS) is 18.8. The zero-order chi connectivity index (χ0) is 21.1. The van der Waals surface area contributed by atoms with Crippen LogP contribution in [0.2, 0.25) is 0 Å². The van der Waals surface area contributed by atoms with Crippen molar-refractivity contribution in [3.05, 3.63) is 46.6 Å². The lowest BCUT2D eigenvalue weighted by Gasteiger charge is -2.29. The van der Waals surface area contributed by atoms with Gasteiger partial charge < -0.3 is 4.57 Å². The molecular weight excluding hydrogens is 459 g/mol. The minimum Gasteiger partial charge on any atom is -0.316 e. The number of thiazole rings is 1. The van der Waals surface area contributed by atoms with E-state index in [0.717, 1.165) is 22.5 Å². The van der Waals surface area contributed by atoms with Crippen molar-refractivity contribution in [2.45, 2.75) is 23.6 Å². The van der Waals surface area contributed by atoms with E-state index in [1.807, 2.05) is 24.3 Å². The molecule has 1 amide bonds. The second kappa shape index (κ2) is 9.35. The molecule has 3 aromatic rings. The summed E-state index contributed by atoms with van der Waals surface area (Å²) < 4.78 is 30.7. The highest BCUT2D eigenvalue weighted by Crippen LogP contribution is 2.27. The first-order valence-electron chi connectivity index (χ1n) is 9.70. The van der Waals surface area contributed by atoms with Gasteiger partial charge in [0.05, 0.1) is 16.1 Å². The molecule has 3 heterocycles. The number of nitrogens with zero attached hydrogens (tertiary/aromatic N) is 3. The molecule has 1 aliphatic rings. The third kappa shape index (κ3) is 4.43. The molecular formula is C20H23N3O3S4. The van der Waals surface area contributed by atoms with Crippen molar-refractivity contribution in [2.24, 2.45) is 10.9 Å².